The van der Waals surface area contributed by atoms with Crippen LogP contribution >= 0.6 is 0 Å². The van der Waals surface area contributed by atoms with E-state index in [-0.39, 0.29) is 11.7 Å². The lowest BCUT2D eigenvalue weighted by atomic mass is 10.1. The monoisotopic (exact) mass is 276 g/mol. The molecule has 7 nitrogen and oxygen atoms in total. The molecule has 0 saturated heterocycles. The molecule has 106 valence electrons. The third kappa shape index (κ3) is 4.06. The predicted molar refractivity (Wildman–Crippen MR) is 70.8 cm³/mol. The molecule has 0 fully saturated rings. The van der Waals surface area contributed by atoms with Crippen molar-refractivity contribution in [1.82, 2.24) is 15.5 Å². The van der Waals surface area contributed by atoms with Gasteiger partial charge in [-0.05, 0) is 24.1 Å². The molecule has 0 spiro atoms. The molecule has 1 aromatic heterocycles. The van der Waals surface area contributed by atoms with Gasteiger partial charge in [-0.25, -0.2) is 0 Å². The Hall–Kier alpha value is -2.41. The predicted octanol–water partition coefficient (Wildman–Crippen LogP) is 0.00390. The Kier molecular flexibility index (Phi) is 4.67. The van der Waals surface area contributed by atoms with E-state index in [1.165, 1.54) is 6.39 Å². The first-order valence-corrected chi connectivity index (χ1v) is 6.21. The molecule has 0 saturated carbocycles. The van der Waals surface area contributed by atoms with Gasteiger partial charge in [0.2, 0.25) is 12.3 Å². The van der Waals surface area contributed by atoms with Crippen LogP contribution in [-0.2, 0) is 17.6 Å². The van der Waals surface area contributed by atoms with E-state index in [0.717, 1.165) is 5.56 Å². The van der Waals surface area contributed by atoms with E-state index in [0.29, 0.717) is 25.2 Å². The van der Waals surface area contributed by atoms with Gasteiger partial charge in [-0.1, -0.05) is 17.3 Å². The molecular weight excluding hydrogens is 260 g/mol. The number of carbonyl (C=O) groups is 1. The third-order valence-corrected chi connectivity index (χ3v) is 2.78. The number of aromatic nitrogens is 2. The van der Waals surface area contributed by atoms with E-state index < -0.39 is 6.04 Å². The second kappa shape index (κ2) is 6.67. The Morgan fingerprint density at radius 1 is 1.40 bits per heavy atom. The van der Waals surface area contributed by atoms with Gasteiger partial charge in [-0.2, -0.15) is 4.98 Å². The summed E-state index contributed by atoms with van der Waals surface area (Å²) in [4.78, 5) is 15.6. The van der Waals surface area contributed by atoms with Gasteiger partial charge in [0, 0.05) is 13.0 Å². The molecule has 1 aromatic carbocycles. The van der Waals surface area contributed by atoms with Crippen molar-refractivity contribution in [2.75, 3.05) is 6.54 Å². The summed E-state index contributed by atoms with van der Waals surface area (Å²) in [6, 6.07) is 5.97. The van der Waals surface area contributed by atoms with E-state index in [1.54, 1.807) is 24.3 Å². The fourth-order valence-electron chi connectivity index (χ4n) is 1.71. The van der Waals surface area contributed by atoms with Crippen LogP contribution in [0, 0.1) is 0 Å². The van der Waals surface area contributed by atoms with Crippen LogP contribution in [0.1, 0.15) is 11.4 Å². The summed E-state index contributed by atoms with van der Waals surface area (Å²) in [7, 11) is 0. The van der Waals surface area contributed by atoms with Crippen molar-refractivity contribution in [1.29, 1.82) is 0 Å². The van der Waals surface area contributed by atoms with Crippen molar-refractivity contribution < 1.29 is 14.4 Å². The smallest absolute Gasteiger partial charge is 0.237 e. The number of nitrogens with two attached hydrogens (primary N) is 1. The molecule has 4 N–H and O–H groups in total. The highest BCUT2D eigenvalue weighted by Gasteiger charge is 2.13. The van der Waals surface area contributed by atoms with Gasteiger partial charge in [-0.3, -0.25) is 4.79 Å². The Bertz CT molecular complexity index is 539. The summed E-state index contributed by atoms with van der Waals surface area (Å²) in [6.07, 6.45) is 2.15. The Balaban J connectivity index is 1.75. The highest BCUT2D eigenvalue weighted by molar-refractivity contribution is 5.81. The zero-order valence-corrected chi connectivity index (χ0v) is 10.8. The second-order valence-electron chi connectivity index (χ2n) is 4.37. The van der Waals surface area contributed by atoms with Gasteiger partial charge in [0.1, 0.15) is 5.75 Å². The summed E-state index contributed by atoms with van der Waals surface area (Å²) in [5, 5.41) is 15.5. The normalized spacial score (nSPS) is 12.1. The fraction of sp³-hybridized carbons (Fsp3) is 0.308. The summed E-state index contributed by atoms with van der Waals surface area (Å²) in [5.41, 5.74) is 6.71. The van der Waals surface area contributed by atoms with Gasteiger partial charge in [0.25, 0.3) is 0 Å². The molecule has 2 rings (SSSR count). The van der Waals surface area contributed by atoms with Gasteiger partial charge >= 0.3 is 0 Å². The number of nitrogens with zero attached hydrogens (tertiary/aromatic N) is 2. The maximum atomic E-state index is 11.8. The van der Waals surface area contributed by atoms with Crippen LogP contribution in [0.3, 0.4) is 0 Å². The van der Waals surface area contributed by atoms with Crippen LogP contribution in [0.25, 0.3) is 0 Å². The first-order chi connectivity index (χ1) is 9.65. The van der Waals surface area contributed by atoms with Crippen LogP contribution < -0.4 is 11.1 Å². The molecule has 1 atom stereocenters. The van der Waals surface area contributed by atoms with Crippen LogP contribution in [0.4, 0.5) is 0 Å². The maximum absolute atomic E-state index is 11.8. The molecule has 0 aliphatic rings. The molecule has 7 heteroatoms. The number of nitrogens with one attached hydrogen (secondary N) is 1. The van der Waals surface area contributed by atoms with Gasteiger partial charge in [0.15, 0.2) is 5.82 Å². The van der Waals surface area contributed by atoms with Crippen molar-refractivity contribution >= 4 is 5.91 Å². The Morgan fingerprint density at radius 3 is 2.80 bits per heavy atom. The number of phenols is 1. The Morgan fingerprint density at radius 2 is 2.15 bits per heavy atom. The molecular formula is C13H16N4O3. The van der Waals surface area contributed by atoms with E-state index >= 15 is 0 Å². The summed E-state index contributed by atoms with van der Waals surface area (Å²) in [5.74, 6) is 0.492. The number of hydrogen-bond donors (Lipinski definition) is 3. The van der Waals surface area contributed by atoms with E-state index in [9.17, 15) is 9.90 Å². The largest absolute Gasteiger partial charge is 0.508 e. The van der Waals surface area contributed by atoms with Gasteiger partial charge in [-0.15, -0.1) is 0 Å². The average Bonchev–Trinajstić information content (AvgIpc) is 2.94. The van der Waals surface area contributed by atoms with Crippen molar-refractivity contribution in [3.8, 4) is 5.75 Å². The standard InChI is InChI=1S/C13H16N4O3/c14-11(7-9-1-3-10(18)4-2-9)13(19)15-6-5-12-16-8-20-17-12/h1-4,8,11,18H,5-7,14H2,(H,15,19). The summed E-state index contributed by atoms with van der Waals surface area (Å²) >= 11 is 0. The average molecular weight is 276 g/mol. The van der Waals surface area contributed by atoms with Crippen molar-refractivity contribution in [2.24, 2.45) is 5.73 Å². The van der Waals surface area contributed by atoms with E-state index in [2.05, 4.69) is 20.0 Å². The van der Waals surface area contributed by atoms with Gasteiger partial charge < -0.3 is 20.7 Å². The molecule has 1 unspecified atom stereocenters. The minimum atomic E-state index is -0.634. The van der Waals surface area contributed by atoms with Crippen LogP contribution in [0.2, 0.25) is 0 Å². The molecule has 0 aliphatic heterocycles. The lowest BCUT2D eigenvalue weighted by Gasteiger charge is -2.11. The Labute approximate surface area is 115 Å². The van der Waals surface area contributed by atoms with Crippen LogP contribution in [0.15, 0.2) is 35.2 Å². The van der Waals surface area contributed by atoms with E-state index in [1.807, 2.05) is 0 Å². The maximum Gasteiger partial charge on any atom is 0.237 e. The van der Waals surface area contributed by atoms with Crippen LogP contribution in [0.5, 0.6) is 5.75 Å². The quantitative estimate of drug-likeness (QED) is 0.684. The molecule has 0 radical (unpaired) electrons. The first-order valence-electron chi connectivity index (χ1n) is 6.21. The minimum Gasteiger partial charge on any atom is -0.508 e. The zero-order chi connectivity index (χ0) is 14.4. The SMILES string of the molecule is NC(Cc1ccc(O)cc1)C(=O)NCCc1ncon1. The highest BCUT2D eigenvalue weighted by atomic mass is 16.5. The topological polar surface area (TPSA) is 114 Å². The molecule has 2 aromatic rings. The van der Waals surface area contributed by atoms with Crippen LogP contribution in [-0.4, -0.2) is 33.7 Å². The number of carbonyl (C=O) groups excluding carboxylic acids is 1. The molecule has 0 aliphatic carbocycles. The van der Waals surface area contributed by atoms with Gasteiger partial charge in [0.05, 0.1) is 6.04 Å². The number of aromatic hydroxyl groups is 1. The summed E-state index contributed by atoms with van der Waals surface area (Å²) < 4.78 is 4.59. The molecule has 20 heavy (non-hydrogen) atoms. The number of benzene rings is 1. The van der Waals surface area contributed by atoms with Crippen molar-refractivity contribution in [3.63, 3.8) is 0 Å². The number of hydrogen-bond acceptors (Lipinski definition) is 6. The van der Waals surface area contributed by atoms with Crippen molar-refractivity contribution in [2.45, 2.75) is 18.9 Å². The fourth-order valence-corrected chi connectivity index (χ4v) is 1.71. The zero-order valence-electron chi connectivity index (χ0n) is 10.8. The number of rotatable bonds is 6. The number of amides is 1. The van der Waals surface area contributed by atoms with Crippen molar-refractivity contribution in [3.05, 3.63) is 42.0 Å². The molecule has 1 heterocycles. The van der Waals surface area contributed by atoms with E-state index in [4.69, 9.17) is 5.73 Å². The third-order valence-electron chi connectivity index (χ3n) is 2.78. The lowest BCUT2D eigenvalue weighted by Crippen LogP contribution is -2.42. The lowest BCUT2D eigenvalue weighted by molar-refractivity contribution is -0.122. The minimum absolute atomic E-state index is 0.187. The highest BCUT2D eigenvalue weighted by Crippen LogP contribution is 2.10. The second-order valence-corrected chi connectivity index (χ2v) is 4.37. The number of phenolic OH excluding ortho intramolecular Hbond substituents is 1. The molecule has 1 amide bonds. The molecule has 0 bridgehead atoms. The first kappa shape index (κ1) is 14.0. The summed E-state index contributed by atoms with van der Waals surface area (Å²) in [6.45, 7) is 0.404.